The maximum atomic E-state index is 5.43. The Morgan fingerprint density at radius 3 is 0.870 bits per heavy atom. The minimum atomic E-state index is 0.536. The SMILES string of the molecule is Cc1ccc2c(c1)cc(-c1ccccc1)n2-c1nc(-n2c(-c3ccccc3)cc3cc(C)ccc32)nc(-n2c(-c3ccccc3)cc3cc(C)ccc32)n1. The molecular weight excluding hydrogens is 661 g/mol. The van der Waals surface area contributed by atoms with Crippen LogP contribution in [-0.4, -0.2) is 28.7 Å². The van der Waals surface area contributed by atoms with E-state index in [4.69, 9.17) is 15.0 Å². The summed E-state index contributed by atoms with van der Waals surface area (Å²) in [6.07, 6.45) is 0. The first-order valence-electron chi connectivity index (χ1n) is 18.3. The van der Waals surface area contributed by atoms with E-state index in [2.05, 4.69) is 180 Å². The average Bonchev–Trinajstić information content (AvgIpc) is 3.90. The molecule has 0 fully saturated rings. The highest BCUT2D eigenvalue weighted by molar-refractivity contribution is 5.92. The number of hydrogen-bond donors (Lipinski definition) is 0. The van der Waals surface area contributed by atoms with E-state index >= 15 is 0 Å². The first-order chi connectivity index (χ1) is 26.5. The van der Waals surface area contributed by atoms with Gasteiger partial charge in [0, 0.05) is 16.2 Å². The van der Waals surface area contributed by atoms with Crippen LogP contribution in [0, 0.1) is 20.8 Å². The van der Waals surface area contributed by atoms with Gasteiger partial charge in [-0.2, -0.15) is 15.0 Å². The lowest BCUT2D eigenvalue weighted by Gasteiger charge is -2.17. The van der Waals surface area contributed by atoms with Gasteiger partial charge in [0.05, 0.1) is 33.6 Å². The van der Waals surface area contributed by atoms with Gasteiger partial charge in [0.1, 0.15) is 0 Å². The molecule has 0 radical (unpaired) electrons. The van der Waals surface area contributed by atoms with E-state index in [-0.39, 0.29) is 0 Å². The van der Waals surface area contributed by atoms with Crippen molar-refractivity contribution in [3.8, 4) is 51.6 Å². The number of nitrogens with zero attached hydrogens (tertiary/aromatic N) is 6. The Morgan fingerprint density at radius 1 is 0.315 bits per heavy atom. The fourth-order valence-corrected chi connectivity index (χ4v) is 7.76. The first-order valence-corrected chi connectivity index (χ1v) is 18.3. The molecule has 0 unspecified atom stereocenters. The molecule has 10 rings (SSSR count). The van der Waals surface area contributed by atoms with Crippen molar-refractivity contribution < 1.29 is 0 Å². The van der Waals surface area contributed by atoms with Gasteiger partial charge in [-0.05, 0) is 92.1 Å². The zero-order chi connectivity index (χ0) is 36.3. The van der Waals surface area contributed by atoms with Crippen molar-refractivity contribution in [2.45, 2.75) is 20.8 Å². The molecule has 0 saturated heterocycles. The molecule has 0 bridgehead atoms. The van der Waals surface area contributed by atoms with Crippen molar-refractivity contribution in [1.82, 2.24) is 28.7 Å². The van der Waals surface area contributed by atoms with Crippen LogP contribution in [0.1, 0.15) is 16.7 Å². The Bertz CT molecular complexity index is 2670. The summed E-state index contributed by atoms with van der Waals surface area (Å²) in [7, 11) is 0. The van der Waals surface area contributed by atoms with E-state index in [0.29, 0.717) is 17.8 Å². The van der Waals surface area contributed by atoms with Gasteiger partial charge in [-0.1, -0.05) is 126 Å². The zero-order valence-electron chi connectivity index (χ0n) is 30.3. The monoisotopic (exact) mass is 696 g/mol. The molecule has 0 saturated carbocycles. The molecule has 54 heavy (non-hydrogen) atoms. The lowest BCUT2D eigenvalue weighted by Crippen LogP contribution is -2.14. The van der Waals surface area contributed by atoms with Gasteiger partial charge in [-0.3, -0.25) is 13.7 Å². The maximum Gasteiger partial charge on any atom is 0.241 e. The predicted molar refractivity (Wildman–Crippen MR) is 221 cm³/mol. The molecule has 0 N–H and O–H groups in total. The van der Waals surface area contributed by atoms with Crippen molar-refractivity contribution in [3.05, 3.63) is 180 Å². The molecule has 6 nitrogen and oxygen atoms in total. The lowest BCUT2D eigenvalue weighted by atomic mass is 10.1. The minimum absolute atomic E-state index is 0.536. The van der Waals surface area contributed by atoms with Gasteiger partial charge in [0.2, 0.25) is 17.8 Å². The van der Waals surface area contributed by atoms with Gasteiger partial charge < -0.3 is 0 Å². The minimum Gasteiger partial charge on any atom is -0.278 e. The van der Waals surface area contributed by atoms with E-state index in [9.17, 15) is 0 Å². The molecule has 0 aliphatic rings. The Hall–Kier alpha value is -7.05. The Kier molecular flexibility index (Phi) is 7.37. The molecule has 0 spiro atoms. The number of fused-ring (bicyclic) bond motifs is 3. The molecule has 0 amide bonds. The van der Waals surface area contributed by atoms with Crippen molar-refractivity contribution >= 4 is 32.7 Å². The van der Waals surface area contributed by atoms with E-state index < -0.39 is 0 Å². The van der Waals surface area contributed by atoms with Crippen molar-refractivity contribution in [1.29, 1.82) is 0 Å². The van der Waals surface area contributed by atoms with Crippen LogP contribution in [0.4, 0.5) is 0 Å². The van der Waals surface area contributed by atoms with Crippen LogP contribution < -0.4 is 0 Å². The summed E-state index contributed by atoms with van der Waals surface area (Å²) in [5, 5.41) is 3.36. The lowest BCUT2D eigenvalue weighted by molar-refractivity contribution is 0.831. The molecule has 0 aliphatic carbocycles. The highest BCUT2D eigenvalue weighted by atomic mass is 15.3. The molecule has 6 heteroatoms. The van der Waals surface area contributed by atoms with Gasteiger partial charge in [0.25, 0.3) is 0 Å². The number of hydrogen-bond acceptors (Lipinski definition) is 3. The molecule has 0 aliphatic heterocycles. The normalized spacial score (nSPS) is 11.6. The van der Waals surface area contributed by atoms with E-state index in [1.165, 1.54) is 16.7 Å². The second-order valence-corrected chi connectivity index (χ2v) is 14.1. The summed E-state index contributed by atoms with van der Waals surface area (Å²) in [6, 6.07) is 57.9. The molecule has 4 aromatic heterocycles. The number of rotatable bonds is 6. The summed E-state index contributed by atoms with van der Waals surface area (Å²) < 4.78 is 6.57. The number of benzene rings is 6. The van der Waals surface area contributed by atoms with Crippen LogP contribution in [-0.2, 0) is 0 Å². The molecule has 10 aromatic rings. The summed E-state index contributed by atoms with van der Waals surface area (Å²) in [5.41, 5.74) is 12.9. The summed E-state index contributed by atoms with van der Waals surface area (Å²) in [4.78, 5) is 16.3. The topological polar surface area (TPSA) is 53.5 Å². The Labute approximate surface area is 313 Å². The third kappa shape index (κ3) is 5.30. The zero-order valence-corrected chi connectivity index (χ0v) is 30.3. The molecular formula is C48H36N6. The van der Waals surface area contributed by atoms with E-state index in [1.54, 1.807) is 0 Å². The van der Waals surface area contributed by atoms with Crippen LogP contribution in [0.25, 0.3) is 84.3 Å². The number of aromatic nitrogens is 6. The number of aryl methyl sites for hydroxylation is 3. The van der Waals surface area contributed by atoms with Gasteiger partial charge >= 0.3 is 0 Å². The van der Waals surface area contributed by atoms with Crippen LogP contribution in [0.2, 0.25) is 0 Å². The van der Waals surface area contributed by atoms with E-state index in [0.717, 1.165) is 66.5 Å². The third-order valence-electron chi connectivity index (χ3n) is 10.3. The Morgan fingerprint density at radius 2 is 0.593 bits per heavy atom. The van der Waals surface area contributed by atoms with Crippen molar-refractivity contribution in [2.75, 3.05) is 0 Å². The second kappa shape index (κ2) is 12.6. The largest absolute Gasteiger partial charge is 0.278 e. The molecule has 258 valence electrons. The van der Waals surface area contributed by atoms with Gasteiger partial charge in [0.15, 0.2) is 0 Å². The molecule has 4 heterocycles. The highest BCUT2D eigenvalue weighted by Gasteiger charge is 2.23. The van der Waals surface area contributed by atoms with Crippen LogP contribution >= 0.6 is 0 Å². The first kappa shape index (κ1) is 31.7. The summed E-state index contributed by atoms with van der Waals surface area (Å²) in [5.74, 6) is 1.61. The van der Waals surface area contributed by atoms with Crippen LogP contribution in [0.15, 0.2) is 164 Å². The van der Waals surface area contributed by atoms with Crippen molar-refractivity contribution in [3.63, 3.8) is 0 Å². The quantitative estimate of drug-likeness (QED) is 0.174. The maximum absolute atomic E-state index is 5.43. The second-order valence-electron chi connectivity index (χ2n) is 14.1. The van der Waals surface area contributed by atoms with E-state index in [1.807, 2.05) is 18.2 Å². The predicted octanol–water partition coefficient (Wildman–Crippen LogP) is 11.6. The summed E-state index contributed by atoms with van der Waals surface area (Å²) in [6.45, 7) is 6.39. The van der Waals surface area contributed by atoms with Crippen LogP contribution in [0.3, 0.4) is 0 Å². The van der Waals surface area contributed by atoms with Crippen molar-refractivity contribution in [2.24, 2.45) is 0 Å². The molecule has 6 aromatic carbocycles. The standard InChI is InChI=1S/C48H36N6/c1-31-19-22-40-37(25-31)28-43(34-13-7-4-8-14-34)52(40)46-49-47(53-41-23-20-32(2)26-38(41)29-44(53)35-15-9-5-10-16-35)51-48(50-46)54-42-24-21-33(3)27-39(42)30-45(54)36-17-11-6-12-18-36/h4-30H,1-3H3. The Balaban J connectivity index is 1.35. The third-order valence-corrected chi connectivity index (χ3v) is 10.3. The molecule has 0 atom stereocenters. The summed E-state index contributed by atoms with van der Waals surface area (Å²) >= 11 is 0. The highest BCUT2D eigenvalue weighted by Crippen LogP contribution is 2.36. The van der Waals surface area contributed by atoms with Crippen LogP contribution in [0.5, 0.6) is 0 Å². The fraction of sp³-hybridized carbons (Fsp3) is 0.0625. The smallest absolute Gasteiger partial charge is 0.241 e. The van der Waals surface area contributed by atoms with Gasteiger partial charge in [-0.15, -0.1) is 0 Å². The van der Waals surface area contributed by atoms with Gasteiger partial charge in [-0.25, -0.2) is 0 Å². The fourth-order valence-electron chi connectivity index (χ4n) is 7.76. The average molecular weight is 697 g/mol.